The van der Waals surface area contributed by atoms with Crippen molar-refractivity contribution in [2.75, 3.05) is 36.2 Å². The molecule has 1 aromatic carbocycles. The lowest BCUT2D eigenvalue weighted by Gasteiger charge is -2.21. The van der Waals surface area contributed by atoms with Crippen molar-refractivity contribution in [3.8, 4) is 11.4 Å². The van der Waals surface area contributed by atoms with Crippen molar-refractivity contribution in [3.63, 3.8) is 0 Å². The van der Waals surface area contributed by atoms with Crippen LogP contribution in [0.1, 0.15) is 13.3 Å². The lowest BCUT2D eigenvalue weighted by Crippen LogP contribution is -2.45. The van der Waals surface area contributed by atoms with Crippen LogP contribution in [0.25, 0.3) is 11.4 Å². The molecule has 1 saturated heterocycles. The van der Waals surface area contributed by atoms with Gasteiger partial charge in [-0.1, -0.05) is 11.8 Å². The second-order valence-electron chi connectivity index (χ2n) is 7.05. The Balaban J connectivity index is 1.54. The second-order valence-corrected chi connectivity index (χ2v) is 10.2. The molecule has 2 heterocycles. The summed E-state index contributed by atoms with van der Waals surface area (Å²) in [4.78, 5) is 26.1. The van der Waals surface area contributed by atoms with Crippen LogP contribution in [0.15, 0.2) is 29.4 Å². The highest BCUT2D eigenvalue weighted by molar-refractivity contribution is 7.99. The minimum absolute atomic E-state index is 0.0162. The molecule has 0 spiro atoms. The third kappa shape index (κ3) is 5.94. The number of nitrogens with zero attached hydrogens (tertiary/aromatic N) is 4. The lowest BCUT2D eigenvalue weighted by molar-refractivity contribution is -0.134. The van der Waals surface area contributed by atoms with Crippen molar-refractivity contribution in [2.24, 2.45) is 0 Å². The van der Waals surface area contributed by atoms with Crippen molar-refractivity contribution in [1.29, 1.82) is 0 Å². The van der Waals surface area contributed by atoms with E-state index >= 15 is 0 Å². The molecule has 2 aromatic rings. The quantitative estimate of drug-likeness (QED) is 0.407. The first kappa shape index (κ1) is 23.0. The molecule has 168 valence electrons. The van der Waals surface area contributed by atoms with Gasteiger partial charge in [-0.25, -0.2) is 17.5 Å². The number of amides is 2. The number of benzene rings is 1. The summed E-state index contributed by atoms with van der Waals surface area (Å²) in [5.41, 5.74) is 0.579. The number of nitrogens with two attached hydrogens (primary N) is 1. The Bertz CT molecular complexity index is 1060. The Hall–Kier alpha value is -2.67. The fraction of sp³-hybridized carbons (Fsp3) is 0.444. The zero-order valence-electron chi connectivity index (χ0n) is 16.8. The molecule has 1 fully saturated rings. The minimum Gasteiger partial charge on any atom is -0.351 e. The monoisotopic (exact) mass is 470 g/mol. The highest BCUT2D eigenvalue weighted by atomic mass is 32.2. The molecule has 1 aliphatic rings. The number of sulfone groups is 1. The van der Waals surface area contributed by atoms with E-state index in [4.69, 9.17) is 5.84 Å². The Labute approximate surface area is 183 Å². The van der Waals surface area contributed by atoms with Gasteiger partial charge in [0, 0.05) is 18.2 Å². The van der Waals surface area contributed by atoms with Gasteiger partial charge in [0.25, 0.3) is 0 Å². The number of thioether (sulfide) groups is 1. The Morgan fingerprint density at radius 1 is 1.32 bits per heavy atom. The Morgan fingerprint density at radius 2 is 2.03 bits per heavy atom. The third-order valence-corrected chi connectivity index (χ3v) is 7.45. The van der Waals surface area contributed by atoms with Gasteiger partial charge in [-0.3, -0.25) is 9.59 Å². The number of nitrogen functional groups attached to an aromatic ring is 1. The van der Waals surface area contributed by atoms with Crippen LogP contribution in [0, 0.1) is 5.82 Å². The molecule has 2 amide bonds. The predicted octanol–water partition coefficient (Wildman–Crippen LogP) is 0.0419. The first-order valence-corrected chi connectivity index (χ1v) is 12.4. The molecular weight excluding hydrogens is 447 g/mol. The van der Waals surface area contributed by atoms with Crippen molar-refractivity contribution in [1.82, 2.24) is 25.1 Å². The van der Waals surface area contributed by atoms with E-state index in [2.05, 4.69) is 15.5 Å². The van der Waals surface area contributed by atoms with E-state index in [1.807, 2.05) is 0 Å². The van der Waals surface area contributed by atoms with Crippen LogP contribution in [0.5, 0.6) is 0 Å². The van der Waals surface area contributed by atoms with Crippen LogP contribution < -0.4 is 11.2 Å². The van der Waals surface area contributed by atoms with Crippen LogP contribution in [-0.4, -0.2) is 76.4 Å². The van der Waals surface area contributed by atoms with Gasteiger partial charge in [-0.15, -0.1) is 10.2 Å². The molecule has 0 aliphatic carbocycles. The highest BCUT2D eigenvalue weighted by Crippen LogP contribution is 2.22. The number of carbonyl (C=O) groups excluding carboxylic acids is 2. The second kappa shape index (κ2) is 9.64. The smallest absolute Gasteiger partial charge is 0.239 e. The van der Waals surface area contributed by atoms with E-state index in [1.165, 1.54) is 33.8 Å². The number of halogens is 1. The molecule has 0 saturated carbocycles. The molecule has 3 rings (SSSR count). The van der Waals surface area contributed by atoms with Gasteiger partial charge in [0.1, 0.15) is 5.82 Å². The highest BCUT2D eigenvalue weighted by Gasteiger charge is 2.29. The Morgan fingerprint density at radius 3 is 2.65 bits per heavy atom. The molecule has 3 N–H and O–H groups in total. The number of hydrogen-bond acceptors (Lipinski definition) is 8. The molecule has 31 heavy (non-hydrogen) atoms. The first-order valence-electron chi connectivity index (χ1n) is 9.55. The normalized spacial score (nSPS) is 17.4. The summed E-state index contributed by atoms with van der Waals surface area (Å²) < 4.78 is 37.3. The predicted molar refractivity (Wildman–Crippen MR) is 114 cm³/mol. The summed E-state index contributed by atoms with van der Waals surface area (Å²) in [6.45, 7) is 1.89. The summed E-state index contributed by atoms with van der Waals surface area (Å²) in [6, 6.07) is 5.20. The van der Waals surface area contributed by atoms with Gasteiger partial charge in [-0.2, -0.15) is 0 Å². The molecule has 0 bridgehead atoms. The number of likely N-dealkylation sites (N-methyl/N-ethyl adjacent to an activating group) is 1. The summed E-state index contributed by atoms with van der Waals surface area (Å²) in [7, 11) is -3.10. The molecule has 1 aromatic heterocycles. The average molecular weight is 471 g/mol. The largest absolute Gasteiger partial charge is 0.351 e. The average Bonchev–Trinajstić information content (AvgIpc) is 3.26. The van der Waals surface area contributed by atoms with Crippen LogP contribution in [0.4, 0.5) is 4.39 Å². The van der Waals surface area contributed by atoms with E-state index in [1.54, 1.807) is 6.92 Å². The van der Waals surface area contributed by atoms with Gasteiger partial charge < -0.3 is 16.1 Å². The molecular formula is C18H23FN6O4S2. The van der Waals surface area contributed by atoms with Gasteiger partial charge in [0.2, 0.25) is 17.0 Å². The van der Waals surface area contributed by atoms with Crippen LogP contribution in [0.3, 0.4) is 0 Å². The van der Waals surface area contributed by atoms with Gasteiger partial charge in [-0.05, 0) is 37.6 Å². The lowest BCUT2D eigenvalue weighted by atomic mass is 10.2. The van der Waals surface area contributed by atoms with Crippen LogP contribution >= 0.6 is 11.8 Å². The zero-order valence-corrected chi connectivity index (χ0v) is 18.5. The maximum atomic E-state index is 13.1. The van der Waals surface area contributed by atoms with Gasteiger partial charge in [0.15, 0.2) is 15.7 Å². The van der Waals surface area contributed by atoms with E-state index in [-0.39, 0.29) is 35.5 Å². The number of hydrogen-bond donors (Lipinski definition) is 2. The topological polar surface area (TPSA) is 140 Å². The van der Waals surface area contributed by atoms with Gasteiger partial charge in [0.05, 0.1) is 23.8 Å². The maximum absolute atomic E-state index is 13.1. The zero-order chi connectivity index (χ0) is 22.6. The van der Waals surface area contributed by atoms with Crippen molar-refractivity contribution in [3.05, 3.63) is 30.1 Å². The number of carbonyl (C=O) groups is 2. The maximum Gasteiger partial charge on any atom is 0.239 e. The standard InChI is InChI=1S/C18H23FN6O4S2/c1-2-24(9-15(26)21-14-7-8-31(28,29)11-14)16(27)10-30-18-23-22-17(25(18)20)12-3-5-13(19)6-4-12/h3-6,14H,2,7-11,20H2,1H3,(H,21,26). The van der Waals surface area contributed by atoms with E-state index in [0.29, 0.717) is 29.5 Å². The van der Waals surface area contributed by atoms with E-state index in [0.717, 1.165) is 11.8 Å². The van der Waals surface area contributed by atoms with Crippen molar-refractivity contribution in [2.45, 2.75) is 24.5 Å². The summed E-state index contributed by atoms with van der Waals surface area (Å²) >= 11 is 1.07. The van der Waals surface area contributed by atoms with Crippen LogP contribution in [-0.2, 0) is 19.4 Å². The molecule has 1 unspecified atom stereocenters. The minimum atomic E-state index is -3.10. The molecule has 10 nitrogen and oxygen atoms in total. The summed E-state index contributed by atoms with van der Waals surface area (Å²) in [5, 5.41) is 10.9. The molecule has 1 aliphatic heterocycles. The fourth-order valence-corrected chi connectivity index (χ4v) is 5.55. The Kier molecular flexibility index (Phi) is 7.15. The number of nitrogens with one attached hydrogen (secondary N) is 1. The SMILES string of the molecule is CCN(CC(=O)NC1CCS(=O)(=O)C1)C(=O)CSc1nnc(-c2ccc(F)cc2)n1N. The first-order chi connectivity index (χ1) is 14.7. The van der Waals surface area contributed by atoms with Gasteiger partial charge >= 0.3 is 0 Å². The molecule has 13 heteroatoms. The van der Waals surface area contributed by atoms with Crippen LogP contribution in [0.2, 0.25) is 0 Å². The molecule has 0 radical (unpaired) electrons. The third-order valence-electron chi connectivity index (χ3n) is 4.76. The number of rotatable bonds is 8. The molecule has 1 atom stereocenters. The number of aromatic nitrogens is 3. The summed E-state index contributed by atoms with van der Waals surface area (Å²) in [6.07, 6.45) is 0.381. The fourth-order valence-electron chi connectivity index (χ4n) is 3.12. The van der Waals surface area contributed by atoms with Crippen molar-refractivity contribution < 1.29 is 22.4 Å². The van der Waals surface area contributed by atoms with E-state index in [9.17, 15) is 22.4 Å². The van der Waals surface area contributed by atoms with E-state index < -0.39 is 21.8 Å². The summed E-state index contributed by atoms with van der Waals surface area (Å²) in [5.74, 6) is 5.22. The van der Waals surface area contributed by atoms with Crippen molar-refractivity contribution >= 4 is 33.4 Å².